The normalized spacial score (nSPS) is 16.5. The van der Waals surface area contributed by atoms with Crippen LogP contribution in [0.3, 0.4) is 0 Å². The molecule has 4 rings (SSSR count). The first-order valence-corrected chi connectivity index (χ1v) is 10.6. The van der Waals surface area contributed by atoms with E-state index in [1.54, 1.807) is 6.20 Å². The molecule has 1 aliphatic rings. The lowest BCUT2D eigenvalue weighted by Gasteiger charge is -2.21. The fraction of sp³-hybridized carbons (Fsp3) is 0.409. The molecule has 29 heavy (non-hydrogen) atoms. The Bertz CT molecular complexity index is 963. The second-order valence-corrected chi connectivity index (χ2v) is 7.94. The second-order valence-electron chi connectivity index (χ2n) is 7.51. The van der Waals surface area contributed by atoms with Crippen LogP contribution in [0.4, 0.5) is 0 Å². The molecule has 1 amide bonds. The predicted octanol–water partition coefficient (Wildman–Crippen LogP) is 4.96. The number of likely N-dealkylation sites (tertiary alicyclic amines) is 1. The lowest BCUT2D eigenvalue weighted by atomic mass is 10.1. The molecule has 0 saturated carbocycles. The molecule has 1 aliphatic heterocycles. The van der Waals surface area contributed by atoms with Gasteiger partial charge in [0, 0.05) is 23.7 Å². The number of aromatic amines is 1. The zero-order chi connectivity index (χ0) is 20.2. The summed E-state index contributed by atoms with van der Waals surface area (Å²) in [6.45, 7) is 2.84. The van der Waals surface area contributed by atoms with Crippen molar-refractivity contribution in [3.63, 3.8) is 0 Å². The number of nitrogens with one attached hydrogen (secondary N) is 1. The number of benzene rings is 1. The van der Waals surface area contributed by atoms with Gasteiger partial charge in [-0.2, -0.15) is 5.10 Å². The van der Waals surface area contributed by atoms with Crippen LogP contribution in [0.1, 0.15) is 72.0 Å². The molecule has 1 atom stereocenters. The second kappa shape index (κ2) is 8.82. The van der Waals surface area contributed by atoms with E-state index in [9.17, 15) is 4.79 Å². The number of hydrogen-bond donors (Lipinski definition) is 1. The van der Waals surface area contributed by atoms with Gasteiger partial charge in [0.2, 0.25) is 5.89 Å². The summed E-state index contributed by atoms with van der Waals surface area (Å²) in [6, 6.07) is 9.41. The number of aromatic nitrogens is 3. The molecule has 0 bridgehead atoms. The average Bonchev–Trinajstić information content (AvgIpc) is 3.48. The first kappa shape index (κ1) is 19.7. The fourth-order valence-electron chi connectivity index (χ4n) is 3.74. The van der Waals surface area contributed by atoms with E-state index in [1.165, 1.54) is 0 Å². The molecule has 6 nitrogen and oxygen atoms in total. The number of carbonyl (C=O) groups is 1. The average molecular weight is 413 g/mol. The summed E-state index contributed by atoms with van der Waals surface area (Å²) < 4.78 is 6.01. The van der Waals surface area contributed by atoms with E-state index in [1.807, 2.05) is 35.2 Å². The Balaban J connectivity index is 1.45. The summed E-state index contributed by atoms with van der Waals surface area (Å²) in [5, 5.41) is 7.93. The van der Waals surface area contributed by atoms with E-state index in [0.717, 1.165) is 49.1 Å². The van der Waals surface area contributed by atoms with Gasteiger partial charge in [-0.05, 0) is 49.4 Å². The molecule has 3 heterocycles. The Morgan fingerprint density at radius 3 is 2.97 bits per heavy atom. The van der Waals surface area contributed by atoms with Crippen LogP contribution >= 0.6 is 11.6 Å². The maximum absolute atomic E-state index is 13.0. The third-order valence-electron chi connectivity index (χ3n) is 5.31. The van der Waals surface area contributed by atoms with Crippen molar-refractivity contribution in [1.29, 1.82) is 0 Å². The van der Waals surface area contributed by atoms with Crippen LogP contribution in [0.5, 0.6) is 0 Å². The van der Waals surface area contributed by atoms with Crippen molar-refractivity contribution < 1.29 is 9.21 Å². The molecule has 1 N–H and O–H groups in total. The van der Waals surface area contributed by atoms with Crippen molar-refractivity contribution in [2.45, 2.75) is 51.5 Å². The molecular formula is C22H25ClN4O2. The van der Waals surface area contributed by atoms with Crippen LogP contribution in [0.2, 0.25) is 5.02 Å². The highest BCUT2D eigenvalue weighted by atomic mass is 35.5. The van der Waals surface area contributed by atoms with Gasteiger partial charge in [0.05, 0.1) is 6.20 Å². The van der Waals surface area contributed by atoms with Crippen molar-refractivity contribution in [2.24, 2.45) is 0 Å². The molecule has 7 heteroatoms. The third-order valence-corrected chi connectivity index (χ3v) is 5.56. The van der Waals surface area contributed by atoms with Gasteiger partial charge in [0.25, 0.3) is 5.91 Å². The summed E-state index contributed by atoms with van der Waals surface area (Å²) in [6.07, 6.45) is 7.27. The summed E-state index contributed by atoms with van der Waals surface area (Å²) in [7, 11) is 0. The number of nitrogens with zero attached hydrogens (tertiary/aromatic N) is 3. The minimum atomic E-state index is -0.141. The van der Waals surface area contributed by atoms with Crippen LogP contribution < -0.4 is 0 Å². The van der Waals surface area contributed by atoms with Crippen molar-refractivity contribution in [1.82, 2.24) is 20.1 Å². The summed E-state index contributed by atoms with van der Waals surface area (Å²) in [5.41, 5.74) is 2.58. The molecule has 2 aromatic heterocycles. The zero-order valence-corrected chi connectivity index (χ0v) is 17.3. The summed E-state index contributed by atoms with van der Waals surface area (Å²) >= 11 is 5.95. The summed E-state index contributed by atoms with van der Waals surface area (Å²) in [5.74, 6) is 1.31. The first-order chi connectivity index (χ1) is 14.1. The van der Waals surface area contributed by atoms with Gasteiger partial charge < -0.3 is 9.32 Å². The Kier molecular flexibility index (Phi) is 6.00. The minimum Gasteiger partial charge on any atom is -0.443 e. The molecular weight excluding hydrogens is 388 g/mol. The smallest absolute Gasteiger partial charge is 0.275 e. The van der Waals surface area contributed by atoms with E-state index in [2.05, 4.69) is 22.1 Å². The van der Waals surface area contributed by atoms with Crippen LogP contribution in [0.25, 0.3) is 0 Å². The van der Waals surface area contributed by atoms with E-state index < -0.39 is 0 Å². The number of H-pyrrole nitrogens is 1. The van der Waals surface area contributed by atoms with E-state index in [4.69, 9.17) is 16.0 Å². The number of carbonyl (C=O) groups excluding carboxylic acids is 1. The maximum Gasteiger partial charge on any atom is 0.275 e. The Morgan fingerprint density at radius 1 is 1.34 bits per heavy atom. The number of amides is 1. The molecule has 1 fully saturated rings. The van der Waals surface area contributed by atoms with Gasteiger partial charge in [0.1, 0.15) is 17.5 Å². The Morgan fingerprint density at radius 2 is 2.17 bits per heavy atom. The molecule has 0 radical (unpaired) electrons. The Hall–Kier alpha value is -2.60. The van der Waals surface area contributed by atoms with Gasteiger partial charge in [-0.15, -0.1) is 0 Å². The highest BCUT2D eigenvalue weighted by molar-refractivity contribution is 6.30. The van der Waals surface area contributed by atoms with Crippen LogP contribution in [0, 0.1) is 0 Å². The fourth-order valence-corrected chi connectivity index (χ4v) is 3.87. The lowest BCUT2D eigenvalue weighted by Crippen LogP contribution is -2.31. The predicted molar refractivity (Wildman–Crippen MR) is 111 cm³/mol. The van der Waals surface area contributed by atoms with Gasteiger partial charge in [0.15, 0.2) is 0 Å². The number of oxazole rings is 1. The van der Waals surface area contributed by atoms with Gasteiger partial charge in [-0.1, -0.05) is 37.1 Å². The topological polar surface area (TPSA) is 75.0 Å². The minimum absolute atomic E-state index is 0.0658. The van der Waals surface area contributed by atoms with Crippen molar-refractivity contribution in [3.05, 3.63) is 70.2 Å². The highest BCUT2D eigenvalue weighted by Gasteiger charge is 2.34. The maximum atomic E-state index is 13.0. The summed E-state index contributed by atoms with van der Waals surface area (Å²) in [4.78, 5) is 19.3. The van der Waals surface area contributed by atoms with Crippen LogP contribution in [-0.2, 0) is 12.8 Å². The number of halogens is 1. The third kappa shape index (κ3) is 4.53. The number of rotatable bonds is 7. The van der Waals surface area contributed by atoms with Gasteiger partial charge in [-0.3, -0.25) is 9.89 Å². The molecule has 0 unspecified atom stereocenters. The number of hydrogen-bond acceptors (Lipinski definition) is 4. The zero-order valence-electron chi connectivity index (χ0n) is 16.5. The molecule has 1 saturated heterocycles. The largest absolute Gasteiger partial charge is 0.443 e. The lowest BCUT2D eigenvalue weighted by molar-refractivity contribution is 0.0708. The SMILES string of the molecule is CCCCc1cc(C(=O)N2CCC[C@H]2c2ncc(Cc3ccc(Cl)cc3)o2)n[nH]1. The van der Waals surface area contributed by atoms with E-state index in [-0.39, 0.29) is 11.9 Å². The molecule has 3 aromatic rings. The standard InChI is InChI=1S/C22H25ClN4O2/c1-2-3-5-17-13-19(26-25-17)22(28)27-11-4-6-20(27)21-24-14-18(29-21)12-15-7-9-16(23)10-8-15/h7-10,13-14,20H,2-6,11-12H2,1H3,(H,25,26)/t20-/m0/s1. The molecule has 0 spiro atoms. The van der Waals surface area contributed by atoms with E-state index in [0.29, 0.717) is 29.6 Å². The number of unbranched alkanes of at least 4 members (excludes halogenated alkanes) is 1. The van der Waals surface area contributed by atoms with Crippen LogP contribution in [0.15, 0.2) is 40.9 Å². The van der Waals surface area contributed by atoms with Gasteiger partial charge in [-0.25, -0.2) is 4.98 Å². The molecule has 1 aromatic carbocycles. The van der Waals surface area contributed by atoms with Gasteiger partial charge >= 0.3 is 0 Å². The van der Waals surface area contributed by atoms with E-state index >= 15 is 0 Å². The van der Waals surface area contributed by atoms with Crippen molar-refractivity contribution in [2.75, 3.05) is 6.54 Å². The van der Waals surface area contributed by atoms with Crippen molar-refractivity contribution >= 4 is 17.5 Å². The first-order valence-electron chi connectivity index (χ1n) is 10.2. The monoisotopic (exact) mass is 412 g/mol. The highest BCUT2D eigenvalue weighted by Crippen LogP contribution is 2.33. The van der Waals surface area contributed by atoms with Crippen LogP contribution in [-0.4, -0.2) is 32.5 Å². The van der Waals surface area contributed by atoms with Crippen molar-refractivity contribution in [3.8, 4) is 0 Å². The number of aryl methyl sites for hydroxylation is 1. The molecule has 152 valence electrons. The Labute approximate surface area is 175 Å². The quantitative estimate of drug-likeness (QED) is 0.595. The molecule has 0 aliphatic carbocycles.